The third-order valence-electron chi connectivity index (χ3n) is 2.66. The van der Waals surface area contributed by atoms with Gasteiger partial charge in [0, 0.05) is 11.1 Å². The molecule has 0 saturated heterocycles. The predicted molar refractivity (Wildman–Crippen MR) is 58.1 cm³/mol. The van der Waals surface area contributed by atoms with Gasteiger partial charge in [-0.05, 0) is 18.6 Å². The van der Waals surface area contributed by atoms with E-state index in [4.69, 9.17) is 0 Å². The molecule has 0 aliphatic carbocycles. The monoisotopic (exact) mass is 180 g/mol. The number of benzene rings is 2. The van der Waals surface area contributed by atoms with E-state index in [9.17, 15) is 0 Å². The first-order chi connectivity index (χ1) is 6.86. The maximum absolute atomic E-state index is 4.61. The Hall–Kier alpha value is -1.76. The van der Waals surface area contributed by atoms with Crippen molar-refractivity contribution in [2.75, 3.05) is 0 Å². The third kappa shape index (κ3) is 0.896. The van der Waals surface area contributed by atoms with Crippen molar-refractivity contribution in [1.82, 2.24) is 5.32 Å². The highest BCUT2D eigenvalue weighted by Gasteiger charge is 2.19. The summed E-state index contributed by atoms with van der Waals surface area (Å²) in [5.74, 6) is 0. The van der Waals surface area contributed by atoms with E-state index in [0.29, 0.717) is 0 Å². The molecule has 0 N–H and O–H groups in total. The van der Waals surface area contributed by atoms with Crippen LogP contribution in [0.2, 0.25) is 0 Å². The van der Waals surface area contributed by atoms with Gasteiger partial charge in [0.25, 0.3) is 0 Å². The van der Waals surface area contributed by atoms with Crippen molar-refractivity contribution in [2.24, 2.45) is 0 Å². The Morgan fingerprint density at radius 3 is 2.57 bits per heavy atom. The van der Waals surface area contributed by atoms with Crippen LogP contribution in [0, 0.1) is 6.92 Å². The number of aryl methyl sites for hydroxylation is 1. The molecule has 0 saturated carbocycles. The molecule has 0 bridgehead atoms. The summed E-state index contributed by atoms with van der Waals surface area (Å²) in [6.45, 7) is 2.11. The van der Waals surface area contributed by atoms with Gasteiger partial charge >= 0.3 is 0 Å². The quantitative estimate of drug-likeness (QED) is 0.502. The molecule has 2 aromatic carbocycles. The number of nitrogens with zero attached hydrogens (tertiary/aromatic N) is 1. The SMILES string of the molecule is Cc1cccc2c1[N]c1ccccc1-2. The Bertz CT molecular complexity index is 500. The minimum absolute atomic E-state index is 1.09. The number of hydrogen-bond acceptors (Lipinski definition) is 0. The van der Waals surface area contributed by atoms with E-state index in [0.717, 1.165) is 11.4 Å². The summed E-state index contributed by atoms with van der Waals surface area (Å²) in [5.41, 5.74) is 6.00. The maximum atomic E-state index is 4.61. The van der Waals surface area contributed by atoms with Crippen LogP contribution in [0.1, 0.15) is 5.56 Å². The molecule has 0 amide bonds. The van der Waals surface area contributed by atoms with Gasteiger partial charge in [0.1, 0.15) is 0 Å². The van der Waals surface area contributed by atoms with E-state index < -0.39 is 0 Å². The number of fused-ring (bicyclic) bond motifs is 3. The second kappa shape index (κ2) is 2.61. The molecule has 14 heavy (non-hydrogen) atoms. The highest BCUT2D eigenvalue weighted by Crippen LogP contribution is 2.43. The van der Waals surface area contributed by atoms with E-state index in [-0.39, 0.29) is 0 Å². The molecule has 0 spiro atoms. The van der Waals surface area contributed by atoms with Gasteiger partial charge in [-0.25, -0.2) is 5.32 Å². The fourth-order valence-corrected chi connectivity index (χ4v) is 1.94. The fourth-order valence-electron chi connectivity index (χ4n) is 1.94. The van der Waals surface area contributed by atoms with Crippen LogP contribution >= 0.6 is 0 Å². The summed E-state index contributed by atoms with van der Waals surface area (Å²) in [6, 6.07) is 14.6. The van der Waals surface area contributed by atoms with E-state index in [1.54, 1.807) is 0 Å². The Morgan fingerprint density at radius 2 is 1.64 bits per heavy atom. The van der Waals surface area contributed by atoms with Crippen molar-refractivity contribution in [3.05, 3.63) is 48.0 Å². The molecule has 0 fully saturated rings. The van der Waals surface area contributed by atoms with Gasteiger partial charge in [-0.2, -0.15) is 0 Å². The average Bonchev–Trinajstić information content (AvgIpc) is 2.59. The zero-order valence-electron chi connectivity index (χ0n) is 7.99. The van der Waals surface area contributed by atoms with Gasteiger partial charge in [0.2, 0.25) is 0 Å². The van der Waals surface area contributed by atoms with Crippen LogP contribution in [-0.4, -0.2) is 0 Å². The lowest BCUT2D eigenvalue weighted by atomic mass is 10.0. The molecule has 3 rings (SSSR count). The lowest BCUT2D eigenvalue weighted by molar-refractivity contribution is 1.21. The molecule has 67 valence electrons. The molecular weight excluding hydrogens is 170 g/mol. The number of para-hydroxylation sites is 2. The summed E-state index contributed by atoms with van der Waals surface area (Å²) in [4.78, 5) is 0. The van der Waals surface area contributed by atoms with Gasteiger partial charge in [-0.1, -0.05) is 36.4 Å². The molecule has 0 atom stereocenters. The fraction of sp³-hybridized carbons (Fsp3) is 0.0769. The van der Waals surface area contributed by atoms with E-state index in [2.05, 4.69) is 48.6 Å². The second-order valence-corrected chi connectivity index (χ2v) is 3.60. The van der Waals surface area contributed by atoms with Gasteiger partial charge in [-0.3, -0.25) is 0 Å². The number of hydrogen-bond donors (Lipinski definition) is 0. The minimum atomic E-state index is 1.09. The zero-order chi connectivity index (χ0) is 9.54. The smallest absolute Gasteiger partial charge is 0.0745 e. The van der Waals surface area contributed by atoms with Gasteiger partial charge < -0.3 is 0 Å². The van der Waals surface area contributed by atoms with Crippen LogP contribution in [0.15, 0.2) is 42.5 Å². The highest BCUT2D eigenvalue weighted by molar-refractivity contribution is 5.91. The lowest BCUT2D eigenvalue weighted by Crippen LogP contribution is -1.84. The van der Waals surface area contributed by atoms with Crippen molar-refractivity contribution in [3.8, 4) is 11.1 Å². The number of rotatable bonds is 0. The summed E-state index contributed by atoms with van der Waals surface area (Å²) in [6.07, 6.45) is 0. The van der Waals surface area contributed by atoms with Crippen LogP contribution in [0.25, 0.3) is 11.1 Å². The molecule has 1 radical (unpaired) electrons. The Kier molecular flexibility index (Phi) is 1.42. The van der Waals surface area contributed by atoms with Crippen molar-refractivity contribution in [3.63, 3.8) is 0 Å². The molecular formula is C13H10N. The van der Waals surface area contributed by atoms with Crippen LogP contribution in [0.4, 0.5) is 11.4 Å². The van der Waals surface area contributed by atoms with Crippen molar-refractivity contribution in [2.45, 2.75) is 6.92 Å². The van der Waals surface area contributed by atoms with Crippen molar-refractivity contribution < 1.29 is 0 Å². The van der Waals surface area contributed by atoms with E-state index in [1.807, 2.05) is 6.07 Å². The Labute approximate surface area is 83.4 Å². The Balaban J connectivity index is 2.33. The molecule has 1 aliphatic heterocycles. The second-order valence-electron chi connectivity index (χ2n) is 3.60. The molecule has 1 heteroatoms. The largest absolute Gasteiger partial charge is 0.247 e. The van der Waals surface area contributed by atoms with E-state index >= 15 is 0 Å². The minimum Gasteiger partial charge on any atom is -0.247 e. The zero-order valence-corrected chi connectivity index (χ0v) is 7.99. The van der Waals surface area contributed by atoms with Crippen LogP contribution in [-0.2, 0) is 0 Å². The van der Waals surface area contributed by atoms with Crippen LogP contribution in [0.5, 0.6) is 0 Å². The molecule has 2 aromatic rings. The summed E-state index contributed by atoms with van der Waals surface area (Å²) < 4.78 is 0. The molecule has 0 aromatic heterocycles. The maximum Gasteiger partial charge on any atom is 0.0745 e. The molecule has 1 heterocycles. The third-order valence-corrected chi connectivity index (χ3v) is 2.66. The van der Waals surface area contributed by atoms with Crippen molar-refractivity contribution in [1.29, 1.82) is 0 Å². The molecule has 1 nitrogen and oxygen atoms in total. The van der Waals surface area contributed by atoms with Crippen LogP contribution in [0.3, 0.4) is 0 Å². The topological polar surface area (TPSA) is 14.1 Å². The average molecular weight is 180 g/mol. The summed E-state index contributed by atoms with van der Waals surface area (Å²) in [5, 5.41) is 4.61. The first-order valence-electron chi connectivity index (χ1n) is 4.77. The summed E-state index contributed by atoms with van der Waals surface area (Å²) in [7, 11) is 0. The Morgan fingerprint density at radius 1 is 0.857 bits per heavy atom. The van der Waals surface area contributed by atoms with Gasteiger partial charge in [-0.15, -0.1) is 0 Å². The normalized spacial score (nSPS) is 11.8. The molecule has 0 unspecified atom stereocenters. The molecule has 1 aliphatic rings. The predicted octanol–water partition coefficient (Wildman–Crippen LogP) is 3.54. The van der Waals surface area contributed by atoms with Gasteiger partial charge in [0.15, 0.2) is 0 Å². The van der Waals surface area contributed by atoms with Crippen molar-refractivity contribution >= 4 is 11.4 Å². The first-order valence-corrected chi connectivity index (χ1v) is 4.77. The highest BCUT2D eigenvalue weighted by atomic mass is 14.9. The van der Waals surface area contributed by atoms with Gasteiger partial charge in [0.05, 0.1) is 11.4 Å². The van der Waals surface area contributed by atoms with Crippen LogP contribution < -0.4 is 5.32 Å². The summed E-state index contributed by atoms with van der Waals surface area (Å²) >= 11 is 0. The van der Waals surface area contributed by atoms with E-state index in [1.165, 1.54) is 16.7 Å². The lowest BCUT2D eigenvalue weighted by Gasteiger charge is -2.00. The first kappa shape index (κ1) is 7.63. The standard InChI is InChI=1S/C13H10N/c1-9-5-4-7-11-10-6-2-3-8-12(10)14-13(9)11/h2-8H,1H3.